The number of rotatable bonds is 1. The van der Waals surface area contributed by atoms with Crippen LogP contribution in [0.15, 0.2) is 0 Å². The molecule has 0 aliphatic carbocycles. The molecule has 12 nitrogen and oxygen atoms in total. The number of halogens is 7. The van der Waals surface area contributed by atoms with E-state index in [0.29, 0.717) is 5.65 Å². The van der Waals surface area contributed by atoms with Gasteiger partial charge < -0.3 is 9.05 Å². The van der Waals surface area contributed by atoms with Gasteiger partial charge in [-0.05, 0) is 6.82 Å². The number of aryl methyl sites for hydroxylation is 1. The lowest BCUT2D eigenvalue weighted by Gasteiger charge is -2.04. The molecule has 198 valence electrons. The van der Waals surface area contributed by atoms with Gasteiger partial charge in [0.15, 0.2) is 65.2 Å². The number of aromatic nitrogens is 12. The first kappa shape index (κ1) is 26.3. The quantitative estimate of drug-likeness (QED) is 0.183. The maximum absolute atomic E-state index is 6.70. The first-order valence-corrected chi connectivity index (χ1v) is 13.7. The van der Waals surface area contributed by atoms with Gasteiger partial charge in [0.05, 0.1) is 0 Å². The number of fused-ring (bicyclic) bond motifs is 15. The molecular formula is C20H6BCl7N12. The van der Waals surface area contributed by atoms with E-state index in [0.717, 1.165) is 0 Å². The van der Waals surface area contributed by atoms with E-state index in [1.165, 1.54) is 0 Å². The Bertz CT molecular complexity index is 2200. The minimum Gasteiger partial charge on any atom is -0.337 e. The van der Waals surface area contributed by atoms with Crippen LogP contribution in [0.4, 0.5) is 0 Å². The molecular weight excluding hydrogens is 667 g/mol. The average Bonchev–Trinajstić information content (AvgIpc) is 3.45. The van der Waals surface area contributed by atoms with Crippen molar-refractivity contribution < 1.29 is 0 Å². The Morgan fingerprint density at radius 1 is 0.475 bits per heavy atom. The summed E-state index contributed by atoms with van der Waals surface area (Å²) in [5.41, 5.74) is 2.54. The monoisotopic (exact) mass is 670 g/mol. The molecule has 0 spiro atoms. The van der Waals surface area contributed by atoms with Crippen LogP contribution >= 0.6 is 81.1 Å². The van der Waals surface area contributed by atoms with E-state index in [9.17, 15) is 0 Å². The van der Waals surface area contributed by atoms with Crippen molar-refractivity contribution in [1.82, 2.24) is 58.9 Å². The van der Waals surface area contributed by atoms with Crippen molar-refractivity contribution in [1.29, 1.82) is 0 Å². The first-order valence-electron chi connectivity index (χ1n) is 11.0. The van der Waals surface area contributed by atoms with Crippen LogP contribution in [0.5, 0.6) is 0 Å². The Morgan fingerprint density at radius 3 is 1.27 bits per heavy atom. The fourth-order valence-corrected chi connectivity index (χ4v) is 5.28. The lowest BCUT2D eigenvalue weighted by atomic mass is 9.97. The summed E-state index contributed by atoms with van der Waals surface area (Å²) in [5, 5.41) is -0.261. The molecule has 0 fully saturated rings. The molecule has 6 aromatic heterocycles. The van der Waals surface area contributed by atoms with E-state index in [1.54, 1.807) is 22.9 Å². The molecule has 0 radical (unpaired) electrons. The Labute approximate surface area is 257 Å². The maximum Gasteiger partial charge on any atom is 0.365 e. The first-order chi connectivity index (χ1) is 19.0. The number of nitrogens with zero attached hydrogens (tertiary/aromatic N) is 12. The zero-order valence-corrected chi connectivity index (χ0v) is 24.9. The van der Waals surface area contributed by atoms with Crippen LogP contribution in [0.1, 0.15) is 0 Å². The van der Waals surface area contributed by atoms with Crippen LogP contribution in [0.3, 0.4) is 0 Å². The highest BCUT2D eigenvalue weighted by atomic mass is 35.5. The molecule has 0 atom stereocenters. The minimum absolute atomic E-state index is 0.0319. The molecule has 7 heterocycles. The molecule has 0 aromatic carbocycles. The summed E-state index contributed by atoms with van der Waals surface area (Å²) >= 11 is 44.2. The third kappa shape index (κ3) is 3.76. The van der Waals surface area contributed by atoms with Crippen molar-refractivity contribution >= 4 is 132 Å². The molecule has 20 heteroatoms. The van der Waals surface area contributed by atoms with Crippen molar-refractivity contribution in [3.05, 3.63) is 30.9 Å². The van der Waals surface area contributed by atoms with E-state index in [-0.39, 0.29) is 93.0 Å². The van der Waals surface area contributed by atoms with Crippen LogP contribution in [0.2, 0.25) is 37.7 Å². The number of hydrogen-bond acceptors (Lipinski definition) is 10. The van der Waals surface area contributed by atoms with E-state index in [1.807, 2.05) is 0 Å². The topological polar surface area (TPSA) is 139 Å². The lowest BCUT2D eigenvalue weighted by Crippen LogP contribution is -2.13. The highest BCUT2D eigenvalue weighted by Gasteiger charge is 2.29. The molecule has 6 bridgehead atoms. The van der Waals surface area contributed by atoms with Gasteiger partial charge in [0.2, 0.25) is 0 Å². The second-order valence-electron chi connectivity index (χ2n) is 8.40. The summed E-state index contributed by atoms with van der Waals surface area (Å²) in [6.45, 7) is 1.71. The molecule has 0 N–H and O–H groups in total. The van der Waals surface area contributed by atoms with Crippen molar-refractivity contribution in [2.45, 2.75) is 6.82 Å². The molecule has 0 unspecified atom stereocenters. The third-order valence-corrected chi connectivity index (χ3v) is 8.08. The van der Waals surface area contributed by atoms with Gasteiger partial charge in [0, 0.05) is 7.05 Å². The van der Waals surface area contributed by atoms with Crippen molar-refractivity contribution in [3.63, 3.8) is 0 Å². The van der Waals surface area contributed by atoms with Gasteiger partial charge in [-0.2, -0.15) is 11.5 Å². The van der Waals surface area contributed by atoms with Gasteiger partial charge in [-0.1, -0.05) is 69.6 Å². The van der Waals surface area contributed by atoms with Crippen LogP contribution in [-0.4, -0.2) is 65.1 Å². The van der Waals surface area contributed by atoms with Crippen molar-refractivity contribution in [3.8, 4) is 23.0 Å². The van der Waals surface area contributed by atoms with E-state index in [4.69, 9.17) is 96.0 Å². The maximum atomic E-state index is 6.70. The SMILES string of the molecule is CB(Cl)n1c2nc3nc(nc4c5nc(Cl)c(Cl)nc5c(nc1c1nc(Cl)c(Cl)nc12)n4C)-c1nc(Cl)c(Cl)nc1-3. The normalized spacial score (nSPS) is 12.1. The van der Waals surface area contributed by atoms with Gasteiger partial charge in [0.1, 0.15) is 33.5 Å². The summed E-state index contributed by atoms with van der Waals surface area (Å²) in [7, 11) is 1.70. The summed E-state index contributed by atoms with van der Waals surface area (Å²) in [5.74, 6) is 0.222. The van der Waals surface area contributed by atoms with Crippen LogP contribution in [0.25, 0.3) is 67.7 Å². The lowest BCUT2D eigenvalue weighted by molar-refractivity contribution is 0.966. The summed E-state index contributed by atoms with van der Waals surface area (Å²) in [6, 6.07) is 0. The molecule has 6 aromatic rings. The summed E-state index contributed by atoms with van der Waals surface area (Å²) < 4.78 is 3.22. The molecule has 0 saturated heterocycles. The van der Waals surface area contributed by atoms with Gasteiger partial charge in [-0.15, -0.1) is 0 Å². The van der Waals surface area contributed by atoms with Crippen LogP contribution in [0, 0.1) is 0 Å². The summed E-state index contributed by atoms with van der Waals surface area (Å²) in [6.07, 6.45) is -0.724. The Balaban J connectivity index is 1.85. The Kier molecular flexibility index (Phi) is 6.03. The van der Waals surface area contributed by atoms with E-state index in [2.05, 4.69) is 34.9 Å². The summed E-state index contributed by atoms with van der Waals surface area (Å²) in [4.78, 5) is 45.5. The highest BCUT2D eigenvalue weighted by Crippen LogP contribution is 2.37. The predicted molar refractivity (Wildman–Crippen MR) is 156 cm³/mol. The molecule has 1 aliphatic heterocycles. The average molecular weight is 673 g/mol. The van der Waals surface area contributed by atoms with Crippen LogP contribution in [-0.2, 0) is 7.05 Å². The number of hydrogen-bond donors (Lipinski definition) is 0. The Morgan fingerprint density at radius 2 is 0.825 bits per heavy atom. The van der Waals surface area contributed by atoms with Gasteiger partial charge >= 0.3 is 6.26 Å². The fourth-order valence-electron chi connectivity index (χ4n) is 4.33. The smallest absolute Gasteiger partial charge is 0.337 e. The zero-order chi connectivity index (χ0) is 28.2. The molecule has 0 amide bonds. The van der Waals surface area contributed by atoms with E-state index >= 15 is 0 Å². The van der Waals surface area contributed by atoms with Crippen molar-refractivity contribution in [2.24, 2.45) is 7.05 Å². The molecule has 7 rings (SSSR count). The standard InChI is InChI=1S/C20H6BCl7N12/c1-21(28)40-19-7-8(34-14(27)13(26)33-7)20(40)38-18-6-5(31-11(24)12(25)32-6)17(39(18)2)36-15-3-4(16(35-15)37-19)30-10(23)9(22)29-3/h1-2H3. The predicted octanol–water partition coefficient (Wildman–Crippen LogP) is 6.29. The van der Waals surface area contributed by atoms with Gasteiger partial charge in [-0.25, -0.2) is 49.8 Å². The zero-order valence-electron chi connectivity index (χ0n) is 19.6. The highest BCUT2D eigenvalue weighted by molar-refractivity contribution is 7.05. The van der Waals surface area contributed by atoms with Gasteiger partial charge in [-0.3, -0.25) is 0 Å². The van der Waals surface area contributed by atoms with Crippen LogP contribution < -0.4 is 0 Å². The molecule has 40 heavy (non-hydrogen) atoms. The fraction of sp³-hybridized carbons (Fsp3) is 0.100. The molecule has 0 saturated carbocycles. The van der Waals surface area contributed by atoms with Gasteiger partial charge in [0.25, 0.3) is 0 Å². The second kappa shape index (κ2) is 9.18. The molecule has 1 aliphatic rings. The van der Waals surface area contributed by atoms with Crippen molar-refractivity contribution in [2.75, 3.05) is 0 Å². The largest absolute Gasteiger partial charge is 0.365 e. The van der Waals surface area contributed by atoms with E-state index < -0.39 is 6.26 Å². The minimum atomic E-state index is -0.724. The Hall–Kier alpha value is -2.65. The third-order valence-electron chi connectivity index (χ3n) is 6.01. The second-order valence-corrected chi connectivity index (χ2v) is 11.2.